The predicted octanol–water partition coefficient (Wildman–Crippen LogP) is 5.14. The molecule has 3 aromatic carbocycles. The fourth-order valence-electron chi connectivity index (χ4n) is 3.43. The van der Waals surface area contributed by atoms with E-state index in [0.29, 0.717) is 33.6 Å². The number of rotatable bonds is 7. The Morgan fingerprint density at radius 1 is 1.00 bits per heavy atom. The second-order valence-electron chi connectivity index (χ2n) is 7.52. The summed E-state index contributed by atoms with van der Waals surface area (Å²) in [4.78, 5) is 15.9. The zero-order valence-electron chi connectivity index (χ0n) is 18.3. The molecule has 0 bridgehead atoms. The van der Waals surface area contributed by atoms with E-state index in [1.807, 2.05) is 0 Å². The second kappa shape index (κ2) is 9.14. The van der Waals surface area contributed by atoms with E-state index < -0.39 is 27.6 Å². The molecule has 0 aliphatic rings. The van der Waals surface area contributed by atoms with Crippen LogP contribution in [0.2, 0.25) is 0 Å². The minimum atomic E-state index is -3.43. The molecule has 4 rings (SSSR count). The molecule has 3 N–H and O–H groups in total. The van der Waals surface area contributed by atoms with E-state index in [4.69, 9.17) is 4.74 Å². The van der Waals surface area contributed by atoms with Gasteiger partial charge in [0.1, 0.15) is 23.1 Å². The molecule has 0 fully saturated rings. The first-order chi connectivity index (χ1) is 16.2. The lowest BCUT2D eigenvalue weighted by molar-refractivity contribution is 0.102. The number of hydrogen-bond donors (Lipinski definition) is 3. The third-order valence-electron chi connectivity index (χ3n) is 5.16. The summed E-state index contributed by atoms with van der Waals surface area (Å²) < 4.78 is 58.9. The summed E-state index contributed by atoms with van der Waals surface area (Å²) in [6, 6.07) is 14.5. The number of fused-ring (bicyclic) bond motifs is 1. The molecule has 0 spiro atoms. The summed E-state index contributed by atoms with van der Waals surface area (Å²) in [5.74, 6) is -1.59. The number of ether oxygens (including phenoxy) is 1. The molecule has 4 aromatic rings. The van der Waals surface area contributed by atoms with E-state index in [9.17, 15) is 22.0 Å². The summed E-state index contributed by atoms with van der Waals surface area (Å²) in [5.41, 5.74) is 2.09. The smallest absolute Gasteiger partial charge is 0.272 e. The highest BCUT2D eigenvalue weighted by molar-refractivity contribution is 7.92. The fourth-order valence-corrected chi connectivity index (χ4v) is 4.06. The minimum absolute atomic E-state index is 0.0617. The molecular formula is C24H21F2N3O4S. The van der Waals surface area contributed by atoms with Crippen LogP contribution in [0.1, 0.15) is 17.4 Å². The first-order valence-electron chi connectivity index (χ1n) is 10.3. The summed E-state index contributed by atoms with van der Waals surface area (Å²) in [7, 11) is -1.99. The van der Waals surface area contributed by atoms with Crippen LogP contribution in [-0.2, 0) is 10.0 Å². The Hall–Kier alpha value is -3.92. The SMILES string of the molecule is CCS(=O)(=O)Nc1ccc2cc(C(=O)Nc3cc(OC)cc(-c4ccc(F)cc4F)c3)[nH]c2c1. The molecule has 0 saturated carbocycles. The van der Waals surface area contributed by atoms with E-state index in [2.05, 4.69) is 15.0 Å². The standard InChI is InChI=1S/C24H21F2N3O4S/c1-3-34(31,32)29-17-6-4-14-10-23(28-22(14)13-17)24(30)27-18-8-15(9-19(12-18)33-2)20-7-5-16(25)11-21(20)26/h4-13,28-29H,3H2,1-2H3,(H,27,30). The zero-order valence-corrected chi connectivity index (χ0v) is 19.1. The van der Waals surface area contributed by atoms with E-state index in [1.165, 1.54) is 20.1 Å². The molecule has 0 aliphatic heterocycles. The van der Waals surface area contributed by atoms with E-state index >= 15 is 0 Å². The van der Waals surface area contributed by atoms with E-state index in [0.717, 1.165) is 12.1 Å². The van der Waals surface area contributed by atoms with Gasteiger partial charge in [-0.2, -0.15) is 0 Å². The van der Waals surface area contributed by atoms with Crippen molar-refractivity contribution in [1.82, 2.24) is 4.98 Å². The maximum absolute atomic E-state index is 14.3. The molecule has 0 radical (unpaired) electrons. The Balaban J connectivity index is 1.62. The molecule has 1 heterocycles. The number of H-pyrrole nitrogens is 1. The summed E-state index contributed by atoms with van der Waals surface area (Å²) in [5, 5.41) is 3.45. The lowest BCUT2D eigenvalue weighted by Gasteiger charge is -2.11. The Labute approximate surface area is 194 Å². The molecule has 0 unspecified atom stereocenters. The maximum Gasteiger partial charge on any atom is 0.272 e. The zero-order chi connectivity index (χ0) is 24.5. The van der Waals surface area contributed by atoms with Gasteiger partial charge in [-0.05, 0) is 55.0 Å². The number of carbonyl (C=O) groups is 1. The maximum atomic E-state index is 14.3. The molecular weight excluding hydrogens is 464 g/mol. The van der Waals surface area contributed by atoms with Crippen molar-refractivity contribution < 1.29 is 26.7 Å². The van der Waals surface area contributed by atoms with Crippen LogP contribution in [0.3, 0.4) is 0 Å². The number of sulfonamides is 1. The van der Waals surface area contributed by atoms with Gasteiger partial charge >= 0.3 is 0 Å². The van der Waals surface area contributed by atoms with Gasteiger partial charge in [0.25, 0.3) is 5.91 Å². The van der Waals surface area contributed by atoms with Crippen molar-refractivity contribution in [1.29, 1.82) is 0 Å². The molecule has 34 heavy (non-hydrogen) atoms. The first kappa shape index (κ1) is 23.2. The fraction of sp³-hybridized carbons (Fsp3) is 0.125. The number of aromatic amines is 1. The van der Waals surface area contributed by atoms with Crippen LogP contribution in [-0.4, -0.2) is 32.2 Å². The number of amides is 1. The van der Waals surface area contributed by atoms with Gasteiger partial charge in [0.05, 0.1) is 18.6 Å². The van der Waals surface area contributed by atoms with Crippen LogP contribution in [0, 0.1) is 11.6 Å². The summed E-state index contributed by atoms with van der Waals surface area (Å²) in [6.07, 6.45) is 0. The summed E-state index contributed by atoms with van der Waals surface area (Å²) >= 11 is 0. The average Bonchev–Trinajstić information content (AvgIpc) is 3.22. The normalized spacial score (nSPS) is 11.4. The molecule has 0 atom stereocenters. The average molecular weight is 486 g/mol. The van der Waals surface area contributed by atoms with Crippen LogP contribution in [0.25, 0.3) is 22.0 Å². The molecule has 10 heteroatoms. The van der Waals surface area contributed by atoms with Crippen molar-refractivity contribution in [2.75, 3.05) is 22.9 Å². The van der Waals surface area contributed by atoms with Crippen molar-refractivity contribution in [2.24, 2.45) is 0 Å². The number of anilines is 2. The molecule has 0 saturated heterocycles. The molecule has 176 valence electrons. The van der Waals surface area contributed by atoms with Gasteiger partial charge in [0.2, 0.25) is 10.0 Å². The Kier molecular flexibility index (Phi) is 6.25. The third kappa shape index (κ3) is 5.01. The molecule has 0 aliphatic carbocycles. The molecule has 1 amide bonds. The minimum Gasteiger partial charge on any atom is -0.497 e. The van der Waals surface area contributed by atoms with Crippen LogP contribution in [0.15, 0.2) is 60.7 Å². The van der Waals surface area contributed by atoms with Crippen molar-refractivity contribution >= 4 is 38.2 Å². The van der Waals surface area contributed by atoms with Gasteiger partial charge in [-0.15, -0.1) is 0 Å². The van der Waals surface area contributed by atoms with Crippen LogP contribution in [0.5, 0.6) is 5.75 Å². The van der Waals surface area contributed by atoms with Crippen molar-refractivity contribution in [3.8, 4) is 16.9 Å². The summed E-state index contributed by atoms with van der Waals surface area (Å²) in [6.45, 7) is 1.53. The number of methoxy groups -OCH3 is 1. The highest BCUT2D eigenvalue weighted by atomic mass is 32.2. The van der Waals surface area contributed by atoms with E-state index in [1.54, 1.807) is 42.5 Å². The Bertz CT molecular complexity index is 1500. The highest BCUT2D eigenvalue weighted by Gasteiger charge is 2.14. The van der Waals surface area contributed by atoms with Crippen LogP contribution in [0.4, 0.5) is 20.2 Å². The van der Waals surface area contributed by atoms with Crippen molar-refractivity contribution in [2.45, 2.75) is 6.92 Å². The van der Waals surface area contributed by atoms with Crippen LogP contribution < -0.4 is 14.8 Å². The number of carbonyl (C=O) groups excluding carboxylic acids is 1. The molecule has 7 nitrogen and oxygen atoms in total. The van der Waals surface area contributed by atoms with Gasteiger partial charge in [-0.1, -0.05) is 6.07 Å². The second-order valence-corrected chi connectivity index (χ2v) is 9.53. The lowest BCUT2D eigenvalue weighted by atomic mass is 10.0. The Morgan fingerprint density at radius 3 is 2.50 bits per heavy atom. The number of halogens is 2. The topological polar surface area (TPSA) is 100 Å². The van der Waals surface area contributed by atoms with Crippen molar-refractivity contribution in [3.63, 3.8) is 0 Å². The Morgan fingerprint density at radius 2 is 1.79 bits per heavy atom. The van der Waals surface area contributed by atoms with Gasteiger partial charge in [-0.3, -0.25) is 9.52 Å². The number of nitrogens with one attached hydrogen (secondary N) is 3. The largest absolute Gasteiger partial charge is 0.497 e. The quantitative estimate of drug-likeness (QED) is 0.338. The monoisotopic (exact) mass is 485 g/mol. The third-order valence-corrected chi connectivity index (χ3v) is 6.47. The predicted molar refractivity (Wildman–Crippen MR) is 128 cm³/mol. The number of benzene rings is 3. The van der Waals surface area contributed by atoms with Crippen LogP contribution >= 0.6 is 0 Å². The molecule has 1 aromatic heterocycles. The highest BCUT2D eigenvalue weighted by Crippen LogP contribution is 2.31. The van der Waals surface area contributed by atoms with Crippen molar-refractivity contribution in [3.05, 3.63) is 78.0 Å². The first-order valence-corrected chi connectivity index (χ1v) is 11.9. The van der Waals surface area contributed by atoms with Gasteiger partial charge < -0.3 is 15.0 Å². The van der Waals surface area contributed by atoms with Gasteiger partial charge in [0, 0.05) is 34.3 Å². The van der Waals surface area contributed by atoms with E-state index in [-0.39, 0.29) is 17.0 Å². The lowest BCUT2D eigenvalue weighted by Crippen LogP contribution is -2.14. The van der Waals surface area contributed by atoms with Gasteiger partial charge in [-0.25, -0.2) is 17.2 Å². The number of aromatic nitrogens is 1. The van der Waals surface area contributed by atoms with Gasteiger partial charge in [0.15, 0.2) is 0 Å². The number of hydrogen-bond acceptors (Lipinski definition) is 4.